The molecule has 0 aliphatic heterocycles. The molecule has 0 spiro atoms. The molecule has 5 heteroatoms. The first kappa shape index (κ1) is 17.7. The molecular formula is C19H24N2O3. The van der Waals surface area contributed by atoms with Crippen molar-refractivity contribution in [2.45, 2.75) is 20.4 Å². The molecule has 0 aliphatic rings. The third-order valence-electron chi connectivity index (χ3n) is 3.77. The first-order valence-corrected chi connectivity index (χ1v) is 7.92. The van der Waals surface area contributed by atoms with Crippen LogP contribution in [0.4, 0.5) is 10.5 Å². The molecule has 0 fully saturated rings. The summed E-state index contributed by atoms with van der Waals surface area (Å²) in [6.07, 6.45) is 0. The SMILES string of the molecule is CCN(C(=O)NCc1ccc(OC)c(OC)c1)c1cccc(C)c1. The van der Waals surface area contributed by atoms with E-state index >= 15 is 0 Å². The van der Waals surface area contributed by atoms with Crippen molar-refractivity contribution in [1.82, 2.24) is 5.32 Å². The molecule has 5 nitrogen and oxygen atoms in total. The van der Waals surface area contributed by atoms with Crippen LogP contribution in [0.15, 0.2) is 42.5 Å². The molecule has 0 aromatic heterocycles. The average Bonchev–Trinajstić information content (AvgIpc) is 2.60. The molecule has 2 aromatic rings. The van der Waals surface area contributed by atoms with E-state index in [2.05, 4.69) is 5.32 Å². The van der Waals surface area contributed by atoms with Gasteiger partial charge in [-0.3, -0.25) is 4.90 Å². The van der Waals surface area contributed by atoms with Gasteiger partial charge in [-0.05, 0) is 49.2 Å². The molecule has 2 aromatic carbocycles. The standard InChI is InChI=1S/C19H24N2O3/c1-5-21(16-8-6-7-14(2)11-16)19(22)20-13-15-9-10-17(23-3)18(12-15)24-4/h6-12H,5,13H2,1-4H3,(H,20,22). The Morgan fingerprint density at radius 1 is 1.08 bits per heavy atom. The Kier molecular flexibility index (Phi) is 6.07. The fraction of sp³-hybridized carbons (Fsp3) is 0.316. The van der Waals surface area contributed by atoms with Gasteiger partial charge in [0.25, 0.3) is 0 Å². The minimum Gasteiger partial charge on any atom is -0.493 e. The second-order valence-electron chi connectivity index (χ2n) is 5.43. The van der Waals surface area contributed by atoms with E-state index in [-0.39, 0.29) is 6.03 Å². The van der Waals surface area contributed by atoms with E-state index in [1.54, 1.807) is 19.1 Å². The van der Waals surface area contributed by atoms with E-state index in [4.69, 9.17) is 9.47 Å². The maximum Gasteiger partial charge on any atom is 0.322 e. The molecule has 0 aliphatic carbocycles. The lowest BCUT2D eigenvalue weighted by Gasteiger charge is -2.22. The van der Waals surface area contributed by atoms with Crippen LogP contribution in [0.5, 0.6) is 11.5 Å². The van der Waals surface area contributed by atoms with Crippen molar-refractivity contribution in [3.8, 4) is 11.5 Å². The summed E-state index contributed by atoms with van der Waals surface area (Å²) >= 11 is 0. The van der Waals surface area contributed by atoms with E-state index in [1.165, 1.54) is 0 Å². The normalized spacial score (nSPS) is 10.2. The van der Waals surface area contributed by atoms with Gasteiger partial charge in [-0.2, -0.15) is 0 Å². The fourth-order valence-corrected chi connectivity index (χ4v) is 2.50. The number of hydrogen-bond donors (Lipinski definition) is 1. The van der Waals surface area contributed by atoms with Crippen molar-refractivity contribution < 1.29 is 14.3 Å². The highest BCUT2D eigenvalue weighted by Gasteiger charge is 2.14. The largest absolute Gasteiger partial charge is 0.493 e. The quantitative estimate of drug-likeness (QED) is 0.878. The number of carbonyl (C=O) groups excluding carboxylic acids is 1. The van der Waals surface area contributed by atoms with Crippen LogP contribution in [0.25, 0.3) is 0 Å². The van der Waals surface area contributed by atoms with Crippen LogP contribution in [-0.2, 0) is 6.54 Å². The second kappa shape index (κ2) is 8.24. The number of aryl methyl sites for hydroxylation is 1. The maximum atomic E-state index is 12.5. The van der Waals surface area contributed by atoms with E-state index in [0.717, 1.165) is 16.8 Å². The molecule has 0 atom stereocenters. The molecule has 2 amide bonds. The van der Waals surface area contributed by atoms with Crippen LogP contribution in [0, 0.1) is 6.92 Å². The summed E-state index contributed by atoms with van der Waals surface area (Å²) in [7, 11) is 3.19. The van der Waals surface area contributed by atoms with Gasteiger partial charge in [0.2, 0.25) is 0 Å². The molecule has 0 saturated heterocycles. The molecule has 24 heavy (non-hydrogen) atoms. The van der Waals surface area contributed by atoms with Crippen LogP contribution in [0.1, 0.15) is 18.1 Å². The number of nitrogens with one attached hydrogen (secondary N) is 1. The van der Waals surface area contributed by atoms with Gasteiger partial charge in [-0.25, -0.2) is 4.79 Å². The Hall–Kier alpha value is -2.69. The predicted octanol–water partition coefficient (Wildman–Crippen LogP) is 3.75. The summed E-state index contributed by atoms with van der Waals surface area (Å²) in [4.78, 5) is 14.2. The van der Waals surface area contributed by atoms with E-state index < -0.39 is 0 Å². The van der Waals surface area contributed by atoms with Gasteiger partial charge in [0, 0.05) is 18.8 Å². The summed E-state index contributed by atoms with van der Waals surface area (Å²) in [5, 5.41) is 2.95. The smallest absolute Gasteiger partial charge is 0.322 e. The molecular weight excluding hydrogens is 304 g/mol. The number of anilines is 1. The Balaban J connectivity index is 2.06. The molecule has 0 heterocycles. The molecule has 0 bridgehead atoms. The number of urea groups is 1. The zero-order valence-electron chi connectivity index (χ0n) is 14.6. The zero-order chi connectivity index (χ0) is 17.5. The second-order valence-corrected chi connectivity index (χ2v) is 5.43. The summed E-state index contributed by atoms with van der Waals surface area (Å²) < 4.78 is 10.5. The number of methoxy groups -OCH3 is 2. The Labute approximate surface area is 143 Å². The Morgan fingerprint density at radius 2 is 1.83 bits per heavy atom. The van der Waals surface area contributed by atoms with Crippen LogP contribution in [-0.4, -0.2) is 26.8 Å². The van der Waals surface area contributed by atoms with Gasteiger partial charge in [-0.1, -0.05) is 18.2 Å². The zero-order valence-corrected chi connectivity index (χ0v) is 14.6. The molecule has 0 unspecified atom stereocenters. The summed E-state index contributed by atoms with van der Waals surface area (Å²) in [5.74, 6) is 1.32. The lowest BCUT2D eigenvalue weighted by atomic mass is 10.2. The van der Waals surface area contributed by atoms with Gasteiger partial charge < -0.3 is 14.8 Å². The van der Waals surface area contributed by atoms with Gasteiger partial charge in [0.1, 0.15) is 0 Å². The highest BCUT2D eigenvalue weighted by molar-refractivity contribution is 5.91. The van der Waals surface area contributed by atoms with Crippen LogP contribution in [0.3, 0.4) is 0 Å². The average molecular weight is 328 g/mol. The molecule has 2 rings (SSSR count). The Bertz CT molecular complexity index is 701. The highest BCUT2D eigenvalue weighted by atomic mass is 16.5. The van der Waals surface area contributed by atoms with Gasteiger partial charge in [-0.15, -0.1) is 0 Å². The van der Waals surface area contributed by atoms with Crippen LogP contribution in [0.2, 0.25) is 0 Å². The first-order valence-electron chi connectivity index (χ1n) is 7.92. The number of ether oxygens (including phenoxy) is 2. The van der Waals surface area contributed by atoms with Gasteiger partial charge >= 0.3 is 6.03 Å². The third kappa shape index (κ3) is 4.19. The molecule has 1 N–H and O–H groups in total. The van der Waals surface area contributed by atoms with Crippen LogP contribution >= 0.6 is 0 Å². The summed E-state index contributed by atoms with van der Waals surface area (Å²) in [6, 6.07) is 13.4. The lowest BCUT2D eigenvalue weighted by molar-refractivity contribution is 0.246. The van der Waals surface area contributed by atoms with Crippen molar-refractivity contribution in [3.63, 3.8) is 0 Å². The van der Waals surface area contributed by atoms with Gasteiger partial charge in [0.15, 0.2) is 11.5 Å². The first-order chi connectivity index (χ1) is 11.6. The molecule has 0 radical (unpaired) electrons. The lowest BCUT2D eigenvalue weighted by Crippen LogP contribution is -2.39. The van der Waals surface area contributed by atoms with Crippen molar-refractivity contribution in [3.05, 3.63) is 53.6 Å². The number of rotatable bonds is 6. The maximum absolute atomic E-state index is 12.5. The van der Waals surface area contributed by atoms with Crippen molar-refractivity contribution in [2.75, 3.05) is 25.7 Å². The summed E-state index contributed by atoms with van der Waals surface area (Å²) in [5.41, 5.74) is 2.96. The topological polar surface area (TPSA) is 50.8 Å². The number of carbonyl (C=O) groups is 1. The number of amides is 2. The highest BCUT2D eigenvalue weighted by Crippen LogP contribution is 2.27. The predicted molar refractivity (Wildman–Crippen MR) is 96.0 cm³/mol. The van der Waals surface area contributed by atoms with Crippen molar-refractivity contribution >= 4 is 11.7 Å². The van der Waals surface area contributed by atoms with Gasteiger partial charge in [0.05, 0.1) is 14.2 Å². The van der Waals surface area contributed by atoms with E-state index in [0.29, 0.717) is 24.6 Å². The van der Waals surface area contributed by atoms with Crippen LogP contribution < -0.4 is 19.7 Å². The summed E-state index contributed by atoms with van der Waals surface area (Å²) in [6.45, 7) is 4.99. The number of nitrogens with zero attached hydrogens (tertiary/aromatic N) is 1. The third-order valence-corrected chi connectivity index (χ3v) is 3.77. The molecule has 0 saturated carbocycles. The fourth-order valence-electron chi connectivity index (χ4n) is 2.50. The molecule has 128 valence electrons. The number of hydrogen-bond acceptors (Lipinski definition) is 3. The minimum atomic E-state index is -0.127. The van der Waals surface area contributed by atoms with Crippen molar-refractivity contribution in [1.29, 1.82) is 0 Å². The Morgan fingerprint density at radius 3 is 2.46 bits per heavy atom. The van der Waals surface area contributed by atoms with E-state index in [9.17, 15) is 4.79 Å². The van der Waals surface area contributed by atoms with E-state index in [1.807, 2.05) is 56.3 Å². The number of benzene rings is 2. The minimum absolute atomic E-state index is 0.127. The van der Waals surface area contributed by atoms with Crippen molar-refractivity contribution in [2.24, 2.45) is 0 Å². The monoisotopic (exact) mass is 328 g/mol.